The molecule has 1 atom stereocenters. The first-order valence-corrected chi connectivity index (χ1v) is 7.44. The fourth-order valence-corrected chi connectivity index (χ4v) is 2.26. The van der Waals surface area contributed by atoms with E-state index in [2.05, 4.69) is 23.3 Å². The minimum absolute atomic E-state index is 0.268. The number of aliphatic carboxylic acids is 1. The van der Waals surface area contributed by atoms with Crippen LogP contribution in [0.15, 0.2) is 30.5 Å². The van der Waals surface area contributed by atoms with Crippen molar-refractivity contribution in [3.63, 3.8) is 0 Å². The number of aromatic nitrogens is 1. The standard InChI is InChI=1S/C17H20N2O3/c1-3-4-5-12-6-7-13-8-9-18-15(14(13)10-12)16(20)19-11(2)17(21)22/h6-11H,3-5H2,1-2H3,(H,19,20)(H,21,22). The number of carbonyl (C=O) groups excluding carboxylic acids is 1. The molecule has 0 radical (unpaired) electrons. The molecule has 1 aromatic heterocycles. The zero-order valence-electron chi connectivity index (χ0n) is 12.8. The number of hydrogen-bond acceptors (Lipinski definition) is 3. The molecular formula is C17H20N2O3. The Bertz CT molecular complexity index is 697. The molecule has 2 N–H and O–H groups in total. The molecule has 0 spiro atoms. The van der Waals surface area contributed by atoms with Gasteiger partial charge in [-0.05, 0) is 42.8 Å². The maximum atomic E-state index is 12.3. The predicted octanol–water partition coefficient (Wildman–Crippen LogP) is 2.78. The number of hydrogen-bond donors (Lipinski definition) is 2. The van der Waals surface area contributed by atoms with Crippen LogP contribution >= 0.6 is 0 Å². The van der Waals surface area contributed by atoms with E-state index in [1.54, 1.807) is 6.20 Å². The Morgan fingerprint density at radius 3 is 2.77 bits per heavy atom. The van der Waals surface area contributed by atoms with Crippen molar-refractivity contribution < 1.29 is 14.7 Å². The first-order valence-electron chi connectivity index (χ1n) is 7.44. The number of rotatable bonds is 6. The maximum absolute atomic E-state index is 12.3. The SMILES string of the molecule is CCCCc1ccc2ccnc(C(=O)NC(C)C(=O)O)c2c1. The summed E-state index contributed by atoms with van der Waals surface area (Å²) in [5, 5.41) is 13.0. The van der Waals surface area contributed by atoms with Gasteiger partial charge in [0.15, 0.2) is 0 Å². The zero-order valence-corrected chi connectivity index (χ0v) is 12.8. The van der Waals surface area contributed by atoms with Gasteiger partial charge >= 0.3 is 5.97 Å². The molecule has 1 aromatic carbocycles. The van der Waals surface area contributed by atoms with Crippen LogP contribution in [0.4, 0.5) is 0 Å². The van der Waals surface area contributed by atoms with E-state index >= 15 is 0 Å². The highest BCUT2D eigenvalue weighted by molar-refractivity contribution is 6.06. The first kappa shape index (κ1) is 15.9. The monoisotopic (exact) mass is 300 g/mol. The molecular weight excluding hydrogens is 280 g/mol. The highest BCUT2D eigenvalue weighted by atomic mass is 16.4. The molecule has 2 rings (SSSR count). The van der Waals surface area contributed by atoms with Crippen LogP contribution < -0.4 is 5.32 Å². The van der Waals surface area contributed by atoms with Gasteiger partial charge in [-0.1, -0.05) is 25.5 Å². The molecule has 22 heavy (non-hydrogen) atoms. The lowest BCUT2D eigenvalue weighted by molar-refractivity contribution is -0.138. The average molecular weight is 300 g/mol. The van der Waals surface area contributed by atoms with Crippen molar-refractivity contribution in [2.75, 3.05) is 0 Å². The fraction of sp³-hybridized carbons (Fsp3) is 0.353. The number of unbranched alkanes of at least 4 members (excludes halogenated alkanes) is 1. The largest absolute Gasteiger partial charge is 0.480 e. The van der Waals surface area contributed by atoms with Crippen LogP contribution in [0, 0.1) is 0 Å². The van der Waals surface area contributed by atoms with Gasteiger partial charge in [0.05, 0.1) is 0 Å². The second kappa shape index (κ2) is 7.02. The van der Waals surface area contributed by atoms with Crippen molar-refractivity contribution in [3.05, 3.63) is 41.7 Å². The number of amides is 1. The van der Waals surface area contributed by atoms with Gasteiger partial charge in [0, 0.05) is 11.6 Å². The van der Waals surface area contributed by atoms with Crippen molar-refractivity contribution in [1.29, 1.82) is 0 Å². The number of carbonyl (C=O) groups is 2. The fourth-order valence-electron chi connectivity index (χ4n) is 2.26. The summed E-state index contributed by atoms with van der Waals surface area (Å²) in [7, 11) is 0. The molecule has 0 saturated carbocycles. The number of benzene rings is 1. The summed E-state index contributed by atoms with van der Waals surface area (Å²) in [5.74, 6) is -1.54. The third-order valence-corrected chi connectivity index (χ3v) is 3.58. The number of aryl methyl sites for hydroxylation is 1. The van der Waals surface area contributed by atoms with Crippen molar-refractivity contribution in [2.24, 2.45) is 0 Å². The Hall–Kier alpha value is -2.43. The molecule has 0 saturated heterocycles. The van der Waals surface area contributed by atoms with Crippen LogP contribution in [0.3, 0.4) is 0 Å². The number of fused-ring (bicyclic) bond motifs is 1. The molecule has 5 nitrogen and oxygen atoms in total. The second-order valence-electron chi connectivity index (χ2n) is 5.35. The van der Waals surface area contributed by atoms with Gasteiger partial charge in [0.25, 0.3) is 5.91 Å². The van der Waals surface area contributed by atoms with Crippen molar-refractivity contribution >= 4 is 22.6 Å². The number of pyridine rings is 1. The molecule has 0 fully saturated rings. The predicted molar refractivity (Wildman–Crippen MR) is 84.9 cm³/mol. The van der Waals surface area contributed by atoms with Gasteiger partial charge in [-0.15, -0.1) is 0 Å². The summed E-state index contributed by atoms with van der Waals surface area (Å²) in [4.78, 5) is 27.3. The third kappa shape index (κ3) is 3.61. The summed E-state index contributed by atoms with van der Waals surface area (Å²) in [6, 6.07) is 6.89. The third-order valence-electron chi connectivity index (χ3n) is 3.58. The summed E-state index contributed by atoms with van der Waals surface area (Å²) in [5.41, 5.74) is 1.42. The van der Waals surface area contributed by atoms with Gasteiger partial charge in [-0.3, -0.25) is 14.6 Å². The van der Waals surface area contributed by atoms with E-state index in [9.17, 15) is 9.59 Å². The molecule has 1 unspecified atom stereocenters. The van der Waals surface area contributed by atoms with Crippen LogP contribution in [0.1, 0.15) is 42.7 Å². The molecule has 2 aromatic rings. The second-order valence-corrected chi connectivity index (χ2v) is 5.35. The summed E-state index contributed by atoms with van der Waals surface area (Å²) >= 11 is 0. The Morgan fingerprint density at radius 1 is 1.32 bits per heavy atom. The van der Waals surface area contributed by atoms with E-state index in [4.69, 9.17) is 5.11 Å². The molecule has 5 heteroatoms. The van der Waals surface area contributed by atoms with Crippen LogP contribution in [0.25, 0.3) is 10.8 Å². The van der Waals surface area contributed by atoms with E-state index in [0.717, 1.165) is 35.6 Å². The Kier molecular flexibility index (Phi) is 5.09. The number of nitrogens with zero attached hydrogens (tertiary/aromatic N) is 1. The number of carboxylic acids is 1. The Balaban J connectivity index is 2.35. The normalized spacial score (nSPS) is 12.1. The molecule has 0 aliphatic heterocycles. The van der Waals surface area contributed by atoms with E-state index in [-0.39, 0.29) is 5.69 Å². The average Bonchev–Trinajstić information content (AvgIpc) is 2.51. The minimum Gasteiger partial charge on any atom is -0.480 e. The Morgan fingerprint density at radius 2 is 2.09 bits per heavy atom. The quantitative estimate of drug-likeness (QED) is 0.859. The molecule has 0 aliphatic carbocycles. The lowest BCUT2D eigenvalue weighted by Crippen LogP contribution is -2.38. The molecule has 1 heterocycles. The first-order chi connectivity index (χ1) is 10.5. The lowest BCUT2D eigenvalue weighted by Gasteiger charge is -2.11. The van der Waals surface area contributed by atoms with E-state index < -0.39 is 17.9 Å². The van der Waals surface area contributed by atoms with E-state index in [0.29, 0.717) is 0 Å². The summed E-state index contributed by atoms with van der Waals surface area (Å²) < 4.78 is 0. The highest BCUT2D eigenvalue weighted by Crippen LogP contribution is 2.20. The van der Waals surface area contributed by atoms with Crippen LogP contribution in [-0.4, -0.2) is 28.0 Å². The molecule has 1 amide bonds. The topological polar surface area (TPSA) is 79.3 Å². The van der Waals surface area contributed by atoms with E-state index in [1.807, 2.05) is 18.2 Å². The van der Waals surface area contributed by atoms with Crippen LogP contribution in [-0.2, 0) is 11.2 Å². The number of carboxylic acid groups (broad SMARTS) is 1. The maximum Gasteiger partial charge on any atom is 0.325 e. The van der Waals surface area contributed by atoms with Gasteiger partial charge < -0.3 is 10.4 Å². The van der Waals surface area contributed by atoms with E-state index in [1.165, 1.54) is 6.92 Å². The smallest absolute Gasteiger partial charge is 0.325 e. The number of nitrogens with one attached hydrogen (secondary N) is 1. The summed E-state index contributed by atoms with van der Waals surface area (Å²) in [6.07, 6.45) is 4.71. The van der Waals surface area contributed by atoms with Gasteiger partial charge in [-0.25, -0.2) is 0 Å². The minimum atomic E-state index is -1.07. The van der Waals surface area contributed by atoms with Crippen LogP contribution in [0.2, 0.25) is 0 Å². The van der Waals surface area contributed by atoms with Crippen molar-refractivity contribution in [1.82, 2.24) is 10.3 Å². The van der Waals surface area contributed by atoms with Gasteiger partial charge in [0.1, 0.15) is 11.7 Å². The van der Waals surface area contributed by atoms with Crippen LogP contribution in [0.5, 0.6) is 0 Å². The van der Waals surface area contributed by atoms with Crippen molar-refractivity contribution in [3.8, 4) is 0 Å². The van der Waals surface area contributed by atoms with Gasteiger partial charge in [0.2, 0.25) is 0 Å². The molecule has 116 valence electrons. The van der Waals surface area contributed by atoms with Crippen molar-refractivity contribution in [2.45, 2.75) is 39.2 Å². The highest BCUT2D eigenvalue weighted by Gasteiger charge is 2.18. The zero-order chi connectivity index (χ0) is 16.1. The Labute approximate surface area is 129 Å². The van der Waals surface area contributed by atoms with Gasteiger partial charge in [-0.2, -0.15) is 0 Å². The lowest BCUT2D eigenvalue weighted by atomic mass is 10.0. The summed E-state index contributed by atoms with van der Waals surface area (Å²) in [6.45, 7) is 3.56. The molecule has 0 aliphatic rings. The molecule has 0 bridgehead atoms.